The van der Waals surface area contributed by atoms with Gasteiger partial charge in [-0.15, -0.1) is 0 Å². The maximum Gasteiger partial charge on any atom is 0.339 e. The van der Waals surface area contributed by atoms with Gasteiger partial charge >= 0.3 is 5.97 Å². The van der Waals surface area contributed by atoms with Crippen molar-refractivity contribution in [2.24, 2.45) is 0 Å². The van der Waals surface area contributed by atoms with Crippen molar-refractivity contribution in [3.05, 3.63) is 42.0 Å². The number of hydrogen-bond donors (Lipinski definition) is 1. The first-order chi connectivity index (χ1) is 8.61. The zero-order valence-electron chi connectivity index (χ0n) is 10.5. The molecule has 0 aliphatic rings. The van der Waals surface area contributed by atoms with Crippen molar-refractivity contribution in [1.29, 1.82) is 0 Å². The fraction of sp³-hybridized carbons (Fsp3) is 0.267. The Labute approximate surface area is 106 Å². The van der Waals surface area contributed by atoms with E-state index in [1.54, 1.807) is 12.1 Å². The van der Waals surface area contributed by atoms with Crippen molar-refractivity contribution in [3.8, 4) is 5.75 Å². The fourth-order valence-electron chi connectivity index (χ4n) is 1.78. The van der Waals surface area contributed by atoms with Crippen molar-refractivity contribution in [2.75, 3.05) is 0 Å². The molecule has 0 radical (unpaired) electrons. The number of carbonyl (C=O) groups is 1. The molecule has 1 atom stereocenters. The molecule has 2 aromatic rings. The van der Waals surface area contributed by atoms with Crippen LogP contribution in [0.1, 0.15) is 30.6 Å². The minimum absolute atomic E-state index is 0.00395. The molecule has 0 bridgehead atoms. The number of benzene rings is 2. The molecule has 0 heterocycles. The molecule has 0 saturated carbocycles. The lowest BCUT2D eigenvalue weighted by Gasteiger charge is -2.15. The highest BCUT2D eigenvalue weighted by molar-refractivity contribution is 5.97. The SMILES string of the molecule is CCC(C)Oc1cc2ccccc2cc1C(=O)O. The van der Waals surface area contributed by atoms with Gasteiger partial charge in [0, 0.05) is 0 Å². The summed E-state index contributed by atoms with van der Waals surface area (Å²) in [5, 5.41) is 11.1. The number of hydrogen-bond acceptors (Lipinski definition) is 2. The average Bonchev–Trinajstić information content (AvgIpc) is 2.37. The van der Waals surface area contributed by atoms with Crippen LogP contribution in [0.4, 0.5) is 0 Å². The maximum atomic E-state index is 11.3. The second kappa shape index (κ2) is 5.08. The summed E-state index contributed by atoms with van der Waals surface area (Å²) >= 11 is 0. The number of fused-ring (bicyclic) bond motifs is 1. The van der Waals surface area contributed by atoms with E-state index in [-0.39, 0.29) is 11.7 Å². The van der Waals surface area contributed by atoms with E-state index in [4.69, 9.17) is 4.74 Å². The van der Waals surface area contributed by atoms with Gasteiger partial charge in [-0.25, -0.2) is 4.79 Å². The van der Waals surface area contributed by atoms with Gasteiger partial charge in [-0.2, -0.15) is 0 Å². The van der Waals surface area contributed by atoms with Gasteiger partial charge in [0.05, 0.1) is 6.10 Å². The highest BCUT2D eigenvalue weighted by atomic mass is 16.5. The molecule has 0 spiro atoms. The number of carboxylic acid groups (broad SMARTS) is 1. The largest absolute Gasteiger partial charge is 0.490 e. The molecular formula is C15H16O3. The van der Waals surface area contributed by atoms with Gasteiger partial charge in [0.15, 0.2) is 0 Å². The molecule has 3 nitrogen and oxygen atoms in total. The molecular weight excluding hydrogens is 228 g/mol. The van der Waals surface area contributed by atoms with Crippen LogP contribution in [0.3, 0.4) is 0 Å². The van der Waals surface area contributed by atoms with Crippen molar-refractivity contribution in [2.45, 2.75) is 26.4 Å². The first-order valence-electron chi connectivity index (χ1n) is 6.04. The molecule has 0 saturated heterocycles. The Hall–Kier alpha value is -2.03. The van der Waals surface area contributed by atoms with Gasteiger partial charge in [0.1, 0.15) is 11.3 Å². The summed E-state index contributed by atoms with van der Waals surface area (Å²) in [5.41, 5.74) is 0.217. The Kier molecular flexibility index (Phi) is 3.51. The third-order valence-electron chi connectivity index (χ3n) is 2.98. The molecule has 94 valence electrons. The van der Waals surface area contributed by atoms with Crippen LogP contribution in [0.15, 0.2) is 36.4 Å². The van der Waals surface area contributed by atoms with E-state index in [9.17, 15) is 9.90 Å². The molecule has 0 aromatic heterocycles. The summed E-state index contributed by atoms with van der Waals surface area (Å²) in [4.78, 5) is 11.3. The van der Waals surface area contributed by atoms with E-state index in [1.807, 2.05) is 38.1 Å². The maximum absolute atomic E-state index is 11.3. The third-order valence-corrected chi connectivity index (χ3v) is 2.98. The summed E-state index contributed by atoms with van der Waals surface area (Å²) in [5.74, 6) is -0.519. The predicted molar refractivity (Wildman–Crippen MR) is 71.3 cm³/mol. The van der Waals surface area contributed by atoms with Gasteiger partial charge in [0.25, 0.3) is 0 Å². The highest BCUT2D eigenvalue weighted by Crippen LogP contribution is 2.27. The van der Waals surface area contributed by atoms with E-state index in [2.05, 4.69) is 0 Å². The lowest BCUT2D eigenvalue weighted by molar-refractivity contribution is 0.0690. The van der Waals surface area contributed by atoms with Crippen LogP contribution in [-0.2, 0) is 0 Å². The lowest BCUT2D eigenvalue weighted by atomic mass is 10.1. The standard InChI is InChI=1S/C15H16O3/c1-3-10(2)18-14-9-12-7-5-4-6-11(12)8-13(14)15(16)17/h4-10H,3H2,1-2H3,(H,16,17). The van der Waals surface area contributed by atoms with Crippen LogP contribution >= 0.6 is 0 Å². The zero-order valence-corrected chi connectivity index (χ0v) is 10.5. The minimum atomic E-state index is -0.959. The van der Waals surface area contributed by atoms with Crippen LogP contribution in [0.2, 0.25) is 0 Å². The summed E-state index contributed by atoms with van der Waals surface area (Å²) in [6, 6.07) is 11.1. The lowest BCUT2D eigenvalue weighted by Crippen LogP contribution is -2.12. The van der Waals surface area contributed by atoms with E-state index in [0.29, 0.717) is 5.75 Å². The number of ether oxygens (including phenoxy) is 1. The Bertz CT molecular complexity index is 575. The van der Waals surface area contributed by atoms with E-state index in [1.165, 1.54) is 0 Å². The van der Waals surface area contributed by atoms with Crippen LogP contribution < -0.4 is 4.74 Å². The van der Waals surface area contributed by atoms with Crippen LogP contribution in [-0.4, -0.2) is 17.2 Å². The molecule has 2 aromatic carbocycles. The summed E-state index contributed by atoms with van der Waals surface area (Å²) in [7, 11) is 0. The fourth-order valence-corrected chi connectivity index (χ4v) is 1.78. The molecule has 1 N–H and O–H groups in total. The molecule has 2 rings (SSSR count). The Morgan fingerprint density at radius 3 is 2.44 bits per heavy atom. The molecule has 0 aliphatic carbocycles. The minimum Gasteiger partial charge on any atom is -0.490 e. The average molecular weight is 244 g/mol. The van der Waals surface area contributed by atoms with Gasteiger partial charge in [-0.3, -0.25) is 0 Å². The van der Waals surface area contributed by atoms with Crippen molar-refractivity contribution in [3.63, 3.8) is 0 Å². The summed E-state index contributed by atoms with van der Waals surface area (Å²) < 4.78 is 5.68. The topological polar surface area (TPSA) is 46.5 Å². The first-order valence-corrected chi connectivity index (χ1v) is 6.04. The number of aromatic carboxylic acids is 1. The quantitative estimate of drug-likeness (QED) is 0.891. The van der Waals surface area contributed by atoms with Crippen molar-refractivity contribution in [1.82, 2.24) is 0 Å². The summed E-state index contributed by atoms with van der Waals surface area (Å²) in [6.07, 6.45) is 0.843. The Morgan fingerprint density at radius 2 is 1.89 bits per heavy atom. The smallest absolute Gasteiger partial charge is 0.339 e. The van der Waals surface area contributed by atoms with Gasteiger partial charge in [0.2, 0.25) is 0 Å². The van der Waals surface area contributed by atoms with E-state index >= 15 is 0 Å². The molecule has 1 unspecified atom stereocenters. The van der Waals surface area contributed by atoms with Crippen molar-refractivity contribution >= 4 is 16.7 Å². The molecule has 0 fully saturated rings. The Balaban J connectivity index is 2.54. The van der Waals surface area contributed by atoms with E-state index < -0.39 is 5.97 Å². The number of carboxylic acids is 1. The highest BCUT2D eigenvalue weighted by Gasteiger charge is 2.14. The summed E-state index contributed by atoms with van der Waals surface area (Å²) in [6.45, 7) is 3.94. The zero-order chi connectivity index (χ0) is 13.1. The predicted octanol–water partition coefficient (Wildman–Crippen LogP) is 3.72. The molecule has 18 heavy (non-hydrogen) atoms. The normalized spacial score (nSPS) is 12.3. The van der Waals surface area contributed by atoms with Crippen molar-refractivity contribution < 1.29 is 14.6 Å². The van der Waals surface area contributed by atoms with Gasteiger partial charge in [-0.05, 0) is 36.2 Å². The first kappa shape index (κ1) is 12.4. The Morgan fingerprint density at radius 1 is 1.28 bits per heavy atom. The van der Waals surface area contributed by atoms with Crippen LogP contribution in [0.25, 0.3) is 10.8 Å². The molecule has 3 heteroatoms. The van der Waals surface area contributed by atoms with Gasteiger partial charge < -0.3 is 9.84 Å². The second-order valence-electron chi connectivity index (χ2n) is 4.34. The van der Waals surface area contributed by atoms with E-state index in [0.717, 1.165) is 17.2 Å². The van der Waals surface area contributed by atoms with Crippen LogP contribution in [0.5, 0.6) is 5.75 Å². The monoisotopic (exact) mass is 244 g/mol. The molecule has 0 amide bonds. The number of rotatable bonds is 4. The molecule has 0 aliphatic heterocycles. The van der Waals surface area contributed by atoms with Gasteiger partial charge in [-0.1, -0.05) is 31.2 Å². The van der Waals surface area contributed by atoms with Crippen LogP contribution in [0, 0.1) is 0 Å². The third kappa shape index (κ3) is 2.45. The second-order valence-corrected chi connectivity index (χ2v) is 4.34.